The lowest BCUT2D eigenvalue weighted by Crippen LogP contribution is -2.35. The van der Waals surface area contributed by atoms with Crippen LogP contribution in [0.5, 0.6) is 5.75 Å². The van der Waals surface area contributed by atoms with Gasteiger partial charge in [0.15, 0.2) is 11.6 Å². The first-order valence-corrected chi connectivity index (χ1v) is 7.87. The minimum Gasteiger partial charge on any atom is -0.486 e. The lowest BCUT2D eigenvalue weighted by Gasteiger charge is -2.20. The van der Waals surface area contributed by atoms with Crippen molar-refractivity contribution in [2.24, 2.45) is 0 Å². The molecule has 0 bridgehead atoms. The Bertz CT molecular complexity index is 703. The number of halogens is 4. The second-order valence-corrected chi connectivity index (χ2v) is 6.85. The van der Waals surface area contributed by atoms with Crippen LogP contribution < -0.4 is 10.1 Å². The van der Waals surface area contributed by atoms with Gasteiger partial charge in [-0.3, -0.25) is 0 Å². The van der Waals surface area contributed by atoms with Gasteiger partial charge < -0.3 is 10.1 Å². The molecule has 25 heavy (non-hydrogen) atoms. The van der Waals surface area contributed by atoms with Gasteiger partial charge >= 0.3 is 6.18 Å². The minimum atomic E-state index is -4.37. The summed E-state index contributed by atoms with van der Waals surface area (Å²) in [6.45, 7) is 6.58. The molecular weight excluding hydrogens is 334 g/mol. The molecule has 0 heterocycles. The van der Waals surface area contributed by atoms with Gasteiger partial charge in [0.1, 0.15) is 6.61 Å². The van der Waals surface area contributed by atoms with Crippen LogP contribution in [-0.4, -0.2) is 5.54 Å². The Morgan fingerprint density at radius 2 is 1.52 bits per heavy atom. The number of rotatable bonds is 5. The number of benzene rings is 2. The van der Waals surface area contributed by atoms with Crippen LogP contribution in [0.15, 0.2) is 42.5 Å². The van der Waals surface area contributed by atoms with Gasteiger partial charge in [-0.2, -0.15) is 13.2 Å². The fraction of sp³-hybridized carbons (Fsp3) is 0.368. The van der Waals surface area contributed by atoms with Gasteiger partial charge in [-0.15, -0.1) is 0 Å². The minimum absolute atomic E-state index is 0.00531. The highest BCUT2D eigenvalue weighted by molar-refractivity contribution is 5.30. The molecule has 0 amide bonds. The highest BCUT2D eigenvalue weighted by Crippen LogP contribution is 2.29. The first-order chi connectivity index (χ1) is 11.5. The molecular formula is C19H21F4NO. The van der Waals surface area contributed by atoms with Crippen LogP contribution in [0.2, 0.25) is 0 Å². The van der Waals surface area contributed by atoms with Gasteiger partial charge in [-0.05, 0) is 56.2 Å². The van der Waals surface area contributed by atoms with E-state index in [-0.39, 0.29) is 17.9 Å². The van der Waals surface area contributed by atoms with Crippen molar-refractivity contribution < 1.29 is 22.3 Å². The van der Waals surface area contributed by atoms with Crippen molar-refractivity contribution >= 4 is 0 Å². The molecule has 0 atom stereocenters. The highest BCUT2D eigenvalue weighted by Gasteiger charge is 2.29. The van der Waals surface area contributed by atoms with Crippen molar-refractivity contribution in [3.05, 3.63) is 65.0 Å². The number of hydrogen-bond acceptors (Lipinski definition) is 2. The molecule has 0 saturated carbocycles. The van der Waals surface area contributed by atoms with E-state index in [9.17, 15) is 17.6 Å². The van der Waals surface area contributed by atoms with E-state index < -0.39 is 17.6 Å². The van der Waals surface area contributed by atoms with Crippen LogP contribution in [-0.2, 0) is 19.3 Å². The lowest BCUT2D eigenvalue weighted by molar-refractivity contribution is -0.137. The number of alkyl halides is 3. The average molecular weight is 355 g/mol. The standard InChI is InChI=1S/C19H21F4NO/c1-18(2,3)24-11-14-6-9-17(16(20)10-14)25-12-13-4-7-15(8-5-13)19(21,22)23/h4-10,24H,11-12H2,1-3H3. The third-order valence-corrected chi connectivity index (χ3v) is 3.49. The quantitative estimate of drug-likeness (QED) is 0.734. The van der Waals surface area contributed by atoms with Crippen molar-refractivity contribution in [3.8, 4) is 5.75 Å². The Hall–Kier alpha value is -2.08. The zero-order valence-corrected chi connectivity index (χ0v) is 14.4. The van der Waals surface area contributed by atoms with Crippen LogP contribution in [0.3, 0.4) is 0 Å². The fourth-order valence-corrected chi connectivity index (χ4v) is 2.09. The zero-order chi connectivity index (χ0) is 18.7. The van der Waals surface area contributed by atoms with Crippen molar-refractivity contribution in [1.82, 2.24) is 5.32 Å². The molecule has 0 saturated heterocycles. The fourth-order valence-electron chi connectivity index (χ4n) is 2.09. The van der Waals surface area contributed by atoms with Gasteiger partial charge in [0.25, 0.3) is 0 Å². The second kappa shape index (κ2) is 7.44. The Morgan fingerprint density at radius 3 is 2.04 bits per heavy atom. The summed E-state index contributed by atoms with van der Waals surface area (Å²) < 4.78 is 57.0. The summed E-state index contributed by atoms with van der Waals surface area (Å²) in [5.41, 5.74) is 0.520. The Morgan fingerprint density at radius 1 is 0.920 bits per heavy atom. The molecule has 2 nitrogen and oxygen atoms in total. The van der Waals surface area contributed by atoms with Gasteiger partial charge in [-0.25, -0.2) is 4.39 Å². The molecule has 0 unspecified atom stereocenters. The highest BCUT2D eigenvalue weighted by atomic mass is 19.4. The van der Waals surface area contributed by atoms with Crippen LogP contribution in [0.1, 0.15) is 37.5 Å². The number of nitrogens with one attached hydrogen (secondary N) is 1. The Balaban J connectivity index is 1.97. The zero-order valence-electron chi connectivity index (χ0n) is 14.4. The Kier molecular flexibility index (Phi) is 5.72. The SMILES string of the molecule is CC(C)(C)NCc1ccc(OCc2ccc(C(F)(F)F)cc2)c(F)c1. The summed E-state index contributed by atoms with van der Waals surface area (Å²) in [7, 11) is 0. The van der Waals surface area contributed by atoms with Crippen LogP contribution in [0, 0.1) is 5.82 Å². The maximum Gasteiger partial charge on any atom is 0.416 e. The molecule has 0 aliphatic heterocycles. The van der Waals surface area contributed by atoms with Crippen molar-refractivity contribution in [2.75, 3.05) is 0 Å². The summed E-state index contributed by atoms with van der Waals surface area (Å²) >= 11 is 0. The van der Waals surface area contributed by atoms with Gasteiger partial charge in [0.05, 0.1) is 5.56 Å². The van der Waals surface area contributed by atoms with E-state index in [1.54, 1.807) is 6.07 Å². The maximum atomic E-state index is 14.1. The largest absolute Gasteiger partial charge is 0.486 e. The molecule has 136 valence electrons. The van der Waals surface area contributed by atoms with E-state index in [0.717, 1.165) is 17.7 Å². The molecule has 2 rings (SSSR count). The predicted molar refractivity (Wildman–Crippen MR) is 88.8 cm³/mol. The molecule has 1 N–H and O–H groups in total. The average Bonchev–Trinajstić information content (AvgIpc) is 2.51. The van der Waals surface area contributed by atoms with Crippen LogP contribution >= 0.6 is 0 Å². The van der Waals surface area contributed by atoms with Crippen LogP contribution in [0.25, 0.3) is 0 Å². The van der Waals surface area contributed by atoms with Gasteiger partial charge in [0, 0.05) is 12.1 Å². The number of ether oxygens (including phenoxy) is 1. The van der Waals surface area contributed by atoms with Crippen molar-refractivity contribution in [2.45, 2.75) is 45.6 Å². The van der Waals surface area contributed by atoms with E-state index in [1.165, 1.54) is 24.3 Å². The topological polar surface area (TPSA) is 21.3 Å². The maximum absolute atomic E-state index is 14.1. The molecule has 0 aliphatic carbocycles. The van der Waals surface area contributed by atoms with Crippen molar-refractivity contribution in [1.29, 1.82) is 0 Å². The molecule has 0 aromatic heterocycles. The van der Waals surface area contributed by atoms with E-state index >= 15 is 0 Å². The summed E-state index contributed by atoms with van der Waals surface area (Å²) in [6.07, 6.45) is -4.37. The third kappa shape index (κ3) is 6.05. The third-order valence-electron chi connectivity index (χ3n) is 3.49. The first-order valence-electron chi connectivity index (χ1n) is 7.87. The first kappa shape index (κ1) is 19.2. The summed E-state index contributed by atoms with van der Waals surface area (Å²) in [6, 6.07) is 9.28. The van der Waals surface area contributed by atoms with E-state index in [0.29, 0.717) is 12.1 Å². The molecule has 2 aromatic rings. The predicted octanol–water partition coefficient (Wildman–Crippen LogP) is 5.31. The smallest absolute Gasteiger partial charge is 0.416 e. The Labute approximate surface area is 144 Å². The molecule has 0 aliphatic rings. The second-order valence-electron chi connectivity index (χ2n) is 6.85. The summed E-state index contributed by atoms with van der Waals surface area (Å²) in [5, 5.41) is 3.26. The molecule has 2 aromatic carbocycles. The van der Waals surface area contributed by atoms with Gasteiger partial charge in [0.2, 0.25) is 0 Å². The number of hydrogen-bond donors (Lipinski definition) is 1. The lowest BCUT2D eigenvalue weighted by atomic mass is 10.1. The van der Waals surface area contributed by atoms with Crippen LogP contribution in [0.4, 0.5) is 17.6 Å². The molecule has 6 heteroatoms. The normalized spacial score (nSPS) is 12.3. The van der Waals surface area contributed by atoms with Crippen molar-refractivity contribution in [3.63, 3.8) is 0 Å². The molecule has 0 spiro atoms. The van der Waals surface area contributed by atoms with E-state index in [2.05, 4.69) is 5.32 Å². The summed E-state index contributed by atoms with van der Waals surface area (Å²) in [4.78, 5) is 0. The molecule has 0 radical (unpaired) electrons. The summed E-state index contributed by atoms with van der Waals surface area (Å²) in [5.74, 6) is -0.431. The van der Waals surface area contributed by atoms with Gasteiger partial charge in [-0.1, -0.05) is 18.2 Å². The monoisotopic (exact) mass is 355 g/mol. The molecule has 0 fully saturated rings. The van der Waals surface area contributed by atoms with E-state index in [4.69, 9.17) is 4.74 Å². The van der Waals surface area contributed by atoms with E-state index in [1.807, 2.05) is 20.8 Å².